The lowest BCUT2D eigenvalue weighted by molar-refractivity contribution is -0.167. The number of hydrogen-bond donors (Lipinski definition) is 2. The van der Waals surface area contributed by atoms with Gasteiger partial charge in [0, 0.05) is 0 Å². The maximum absolute atomic E-state index is 12.3. The Morgan fingerprint density at radius 2 is 1.91 bits per heavy atom. The molecule has 23 heavy (non-hydrogen) atoms. The van der Waals surface area contributed by atoms with E-state index < -0.39 is 18.1 Å². The van der Waals surface area contributed by atoms with Crippen LogP contribution in [0.15, 0.2) is 30.3 Å². The zero-order chi connectivity index (χ0) is 17.0. The Morgan fingerprint density at radius 3 is 2.52 bits per heavy atom. The number of ether oxygens (including phenoxy) is 1. The Morgan fingerprint density at radius 1 is 1.26 bits per heavy atom. The van der Waals surface area contributed by atoms with Crippen molar-refractivity contribution in [3.63, 3.8) is 0 Å². The molecular formula is C19H29NO3. The van der Waals surface area contributed by atoms with Gasteiger partial charge in [0.15, 0.2) is 6.10 Å². The molecule has 1 aromatic carbocycles. The smallest absolute Gasteiger partial charge is 0.337 e. The quantitative estimate of drug-likeness (QED) is 0.818. The number of aliphatic hydroxyl groups excluding tert-OH is 1. The van der Waals surface area contributed by atoms with E-state index in [9.17, 15) is 9.90 Å². The molecule has 5 atom stereocenters. The van der Waals surface area contributed by atoms with Gasteiger partial charge in [0.1, 0.15) is 6.10 Å². The van der Waals surface area contributed by atoms with Crippen LogP contribution in [0.5, 0.6) is 0 Å². The second-order valence-corrected chi connectivity index (χ2v) is 7.18. The first kappa shape index (κ1) is 18.0. The van der Waals surface area contributed by atoms with Gasteiger partial charge in [-0.3, -0.25) is 0 Å². The number of carbonyl (C=O) groups excluding carboxylic acids is 1. The molecule has 0 spiro atoms. The molecule has 0 aromatic heterocycles. The minimum Gasteiger partial charge on any atom is -0.460 e. The van der Waals surface area contributed by atoms with Gasteiger partial charge in [-0.1, -0.05) is 57.5 Å². The van der Waals surface area contributed by atoms with E-state index in [0.29, 0.717) is 17.8 Å². The number of benzene rings is 1. The average molecular weight is 319 g/mol. The topological polar surface area (TPSA) is 72.5 Å². The van der Waals surface area contributed by atoms with Gasteiger partial charge in [0.25, 0.3) is 0 Å². The van der Waals surface area contributed by atoms with Crippen LogP contribution in [0.2, 0.25) is 0 Å². The van der Waals surface area contributed by atoms with E-state index in [1.165, 1.54) is 6.42 Å². The Bertz CT molecular complexity index is 503. The number of rotatable bonds is 5. The molecule has 2 rings (SSSR count). The van der Waals surface area contributed by atoms with Crippen LogP contribution in [-0.4, -0.2) is 23.3 Å². The fourth-order valence-corrected chi connectivity index (χ4v) is 3.47. The number of carbonyl (C=O) groups is 1. The zero-order valence-electron chi connectivity index (χ0n) is 14.3. The van der Waals surface area contributed by atoms with Gasteiger partial charge in [-0.25, -0.2) is 4.79 Å². The summed E-state index contributed by atoms with van der Waals surface area (Å²) in [5.74, 6) is 0.754. The molecule has 128 valence electrons. The molecule has 1 aliphatic carbocycles. The fourth-order valence-electron chi connectivity index (χ4n) is 3.47. The number of aliphatic hydroxyl groups is 1. The Hall–Kier alpha value is -1.39. The van der Waals surface area contributed by atoms with E-state index in [4.69, 9.17) is 10.5 Å². The highest BCUT2D eigenvalue weighted by Crippen LogP contribution is 2.35. The van der Waals surface area contributed by atoms with Crippen molar-refractivity contribution in [2.45, 2.75) is 58.3 Å². The first-order valence-corrected chi connectivity index (χ1v) is 8.59. The van der Waals surface area contributed by atoms with Crippen LogP contribution in [0.25, 0.3) is 0 Å². The molecule has 0 radical (unpaired) electrons. The summed E-state index contributed by atoms with van der Waals surface area (Å²) in [7, 11) is 0. The van der Waals surface area contributed by atoms with Crippen molar-refractivity contribution in [1.82, 2.24) is 0 Å². The van der Waals surface area contributed by atoms with Gasteiger partial charge in [-0.2, -0.15) is 0 Å². The van der Waals surface area contributed by atoms with Crippen molar-refractivity contribution >= 4 is 5.97 Å². The van der Waals surface area contributed by atoms with Gasteiger partial charge in [0.2, 0.25) is 0 Å². The maximum atomic E-state index is 12.3. The second-order valence-electron chi connectivity index (χ2n) is 7.18. The van der Waals surface area contributed by atoms with E-state index in [0.717, 1.165) is 18.4 Å². The molecule has 0 amide bonds. The minimum atomic E-state index is -1.33. The molecule has 3 N–H and O–H groups in total. The summed E-state index contributed by atoms with van der Waals surface area (Å²) in [5.41, 5.74) is 6.75. The minimum absolute atomic E-state index is 0.121. The van der Waals surface area contributed by atoms with Crippen LogP contribution < -0.4 is 5.73 Å². The van der Waals surface area contributed by atoms with E-state index in [2.05, 4.69) is 20.8 Å². The Balaban J connectivity index is 2.01. The third-order valence-corrected chi connectivity index (χ3v) is 4.99. The predicted molar refractivity (Wildman–Crippen MR) is 90.6 cm³/mol. The number of esters is 1. The molecule has 1 aliphatic rings. The highest BCUT2D eigenvalue weighted by molar-refractivity contribution is 5.75. The van der Waals surface area contributed by atoms with Crippen LogP contribution in [0.4, 0.5) is 0 Å². The SMILES string of the molecule is CC(C)[C@@H]1CC[C@@H](C)C[C@H]1OC(=O)[C@@H](O)[C@@H](N)c1ccccc1. The summed E-state index contributed by atoms with van der Waals surface area (Å²) in [6, 6.07) is 8.40. The first-order valence-electron chi connectivity index (χ1n) is 8.59. The second kappa shape index (κ2) is 7.93. The van der Waals surface area contributed by atoms with Crippen molar-refractivity contribution in [3.8, 4) is 0 Å². The first-order chi connectivity index (χ1) is 10.9. The normalized spacial score (nSPS) is 27.5. The van der Waals surface area contributed by atoms with E-state index in [-0.39, 0.29) is 6.10 Å². The van der Waals surface area contributed by atoms with Crippen LogP contribution in [0.1, 0.15) is 51.6 Å². The Labute approximate surface area is 139 Å². The van der Waals surface area contributed by atoms with Crippen molar-refractivity contribution in [2.75, 3.05) is 0 Å². The molecular weight excluding hydrogens is 290 g/mol. The molecule has 4 nitrogen and oxygen atoms in total. The lowest BCUT2D eigenvalue weighted by Gasteiger charge is -2.37. The summed E-state index contributed by atoms with van der Waals surface area (Å²) in [5, 5.41) is 10.3. The zero-order valence-corrected chi connectivity index (χ0v) is 14.3. The fraction of sp³-hybridized carbons (Fsp3) is 0.632. The van der Waals surface area contributed by atoms with Gasteiger partial charge in [-0.15, -0.1) is 0 Å². The predicted octanol–water partition coefficient (Wildman–Crippen LogP) is 3.05. The molecule has 1 fully saturated rings. The largest absolute Gasteiger partial charge is 0.460 e. The molecule has 1 saturated carbocycles. The molecule has 0 bridgehead atoms. The van der Waals surface area contributed by atoms with Crippen LogP contribution in [0.3, 0.4) is 0 Å². The molecule has 4 heteroatoms. The number of nitrogens with two attached hydrogens (primary N) is 1. The monoisotopic (exact) mass is 319 g/mol. The Kier molecular flexibility index (Phi) is 6.19. The molecule has 0 aliphatic heterocycles. The van der Waals surface area contributed by atoms with Crippen LogP contribution >= 0.6 is 0 Å². The van der Waals surface area contributed by atoms with Gasteiger partial charge in [0.05, 0.1) is 6.04 Å². The lowest BCUT2D eigenvalue weighted by atomic mass is 9.75. The van der Waals surface area contributed by atoms with Crippen LogP contribution in [-0.2, 0) is 9.53 Å². The van der Waals surface area contributed by atoms with Gasteiger partial charge >= 0.3 is 5.97 Å². The standard InChI is InChI=1S/C19H29NO3/c1-12(2)15-10-9-13(3)11-16(15)23-19(22)18(21)17(20)14-7-5-4-6-8-14/h4-8,12-13,15-18,21H,9-11,20H2,1-3H3/t13-,15+,16-,17+,18+/m1/s1. The number of hydrogen-bond acceptors (Lipinski definition) is 4. The molecule has 0 heterocycles. The van der Waals surface area contributed by atoms with Gasteiger partial charge in [-0.05, 0) is 36.2 Å². The van der Waals surface area contributed by atoms with E-state index in [1.54, 1.807) is 12.1 Å². The summed E-state index contributed by atoms with van der Waals surface area (Å²) in [4.78, 5) is 12.3. The third-order valence-electron chi connectivity index (χ3n) is 4.99. The van der Waals surface area contributed by atoms with Crippen molar-refractivity contribution < 1.29 is 14.6 Å². The summed E-state index contributed by atoms with van der Waals surface area (Å²) < 4.78 is 5.67. The van der Waals surface area contributed by atoms with Crippen molar-refractivity contribution in [3.05, 3.63) is 35.9 Å². The molecule has 1 aromatic rings. The molecule has 0 saturated heterocycles. The maximum Gasteiger partial charge on any atom is 0.337 e. The van der Waals surface area contributed by atoms with Crippen molar-refractivity contribution in [1.29, 1.82) is 0 Å². The lowest BCUT2D eigenvalue weighted by Crippen LogP contribution is -2.41. The van der Waals surface area contributed by atoms with E-state index >= 15 is 0 Å². The van der Waals surface area contributed by atoms with Gasteiger partial charge < -0.3 is 15.6 Å². The molecule has 0 unspecified atom stereocenters. The summed E-state index contributed by atoms with van der Waals surface area (Å²) >= 11 is 0. The summed E-state index contributed by atoms with van der Waals surface area (Å²) in [6.07, 6.45) is 1.65. The van der Waals surface area contributed by atoms with Crippen molar-refractivity contribution in [2.24, 2.45) is 23.5 Å². The summed E-state index contributed by atoms with van der Waals surface area (Å²) in [6.45, 7) is 6.50. The highest BCUT2D eigenvalue weighted by Gasteiger charge is 2.36. The van der Waals surface area contributed by atoms with E-state index in [1.807, 2.05) is 18.2 Å². The average Bonchev–Trinajstić information content (AvgIpc) is 2.54. The third kappa shape index (κ3) is 4.55. The van der Waals surface area contributed by atoms with Crippen LogP contribution in [0, 0.1) is 17.8 Å². The highest BCUT2D eigenvalue weighted by atomic mass is 16.6.